The van der Waals surface area contributed by atoms with Gasteiger partial charge < -0.3 is 19.5 Å². The Kier molecular flexibility index (Phi) is 9.66. The summed E-state index contributed by atoms with van der Waals surface area (Å²) in [5.74, 6) is 2.31. The molecule has 1 aromatic carbocycles. The van der Waals surface area contributed by atoms with E-state index in [-0.39, 0.29) is 0 Å². The molecule has 0 radical (unpaired) electrons. The molecule has 0 saturated carbocycles. The van der Waals surface area contributed by atoms with E-state index in [9.17, 15) is 0 Å². The molecule has 0 amide bonds. The molecule has 0 aliphatic rings. The van der Waals surface area contributed by atoms with Gasteiger partial charge in [-0.15, -0.1) is 0 Å². The smallest absolute Gasteiger partial charge is 0.161 e. The zero-order valence-corrected chi connectivity index (χ0v) is 13.6. The van der Waals surface area contributed by atoms with Crippen molar-refractivity contribution < 1.29 is 14.2 Å². The molecule has 0 fully saturated rings. The number of benzene rings is 1. The Morgan fingerprint density at radius 3 is 2.29 bits per heavy atom. The van der Waals surface area contributed by atoms with Crippen molar-refractivity contribution in [2.45, 2.75) is 27.2 Å². The van der Waals surface area contributed by atoms with Crippen molar-refractivity contribution in [3.8, 4) is 11.5 Å². The summed E-state index contributed by atoms with van der Waals surface area (Å²) in [7, 11) is 0. The third-order valence-electron chi connectivity index (χ3n) is 2.95. The van der Waals surface area contributed by atoms with Crippen molar-refractivity contribution in [3.63, 3.8) is 0 Å². The predicted molar refractivity (Wildman–Crippen MR) is 86.2 cm³/mol. The highest BCUT2D eigenvalue weighted by Crippen LogP contribution is 2.25. The Morgan fingerprint density at radius 2 is 1.62 bits per heavy atom. The second-order valence-electron chi connectivity index (χ2n) is 5.27. The first-order chi connectivity index (χ1) is 10.2. The Hall–Kier alpha value is -1.26. The van der Waals surface area contributed by atoms with Gasteiger partial charge in [-0.1, -0.05) is 26.0 Å². The van der Waals surface area contributed by atoms with Crippen molar-refractivity contribution in [1.29, 1.82) is 0 Å². The van der Waals surface area contributed by atoms with Gasteiger partial charge in [-0.2, -0.15) is 0 Å². The zero-order chi connectivity index (χ0) is 15.3. The lowest BCUT2D eigenvalue weighted by Crippen LogP contribution is -2.25. The van der Waals surface area contributed by atoms with Crippen LogP contribution in [0, 0.1) is 5.92 Å². The fourth-order valence-corrected chi connectivity index (χ4v) is 1.77. The largest absolute Gasteiger partial charge is 0.490 e. The minimum Gasteiger partial charge on any atom is -0.490 e. The summed E-state index contributed by atoms with van der Waals surface area (Å²) in [5.41, 5.74) is 0. The lowest BCUT2D eigenvalue weighted by molar-refractivity contribution is 0.124. The predicted octanol–water partition coefficient (Wildman–Crippen LogP) is 3.12. The van der Waals surface area contributed by atoms with E-state index < -0.39 is 0 Å². The van der Waals surface area contributed by atoms with Crippen LogP contribution in [0.2, 0.25) is 0 Å². The molecule has 120 valence electrons. The van der Waals surface area contributed by atoms with E-state index in [1.165, 1.54) is 0 Å². The van der Waals surface area contributed by atoms with Crippen molar-refractivity contribution in [1.82, 2.24) is 5.32 Å². The third kappa shape index (κ3) is 8.58. The summed E-state index contributed by atoms with van der Waals surface area (Å²) in [4.78, 5) is 0. The number of hydrogen-bond donors (Lipinski definition) is 1. The maximum atomic E-state index is 5.72. The minimum atomic E-state index is 0.621. The second-order valence-corrected chi connectivity index (χ2v) is 5.27. The van der Waals surface area contributed by atoms with E-state index in [1.807, 2.05) is 31.2 Å². The SMILES string of the molecule is CCOc1ccccc1OCCNCCOCCC(C)C. The van der Waals surface area contributed by atoms with Crippen molar-refractivity contribution in [2.24, 2.45) is 5.92 Å². The van der Waals surface area contributed by atoms with Gasteiger partial charge in [-0.05, 0) is 31.4 Å². The molecule has 0 heterocycles. The molecule has 1 N–H and O–H groups in total. The molecule has 0 unspecified atom stereocenters. The maximum absolute atomic E-state index is 5.72. The van der Waals surface area contributed by atoms with Crippen LogP contribution in [0.5, 0.6) is 11.5 Å². The lowest BCUT2D eigenvalue weighted by atomic mass is 10.1. The van der Waals surface area contributed by atoms with Crippen molar-refractivity contribution >= 4 is 0 Å². The standard InChI is InChI=1S/C17H29NO3/c1-4-20-16-7-5-6-8-17(16)21-14-11-18-10-13-19-12-9-15(2)3/h5-8,15,18H,4,9-14H2,1-3H3. The van der Waals surface area contributed by atoms with Gasteiger partial charge in [0.25, 0.3) is 0 Å². The normalized spacial score (nSPS) is 10.9. The summed E-state index contributed by atoms with van der Waals surface area (Å²) in [5, 5.41) is 3.30. The molecule has 1 aromatic rings. The number of rotatable bonds is 12. The molecule has 0 aliphatic heterocycles. The highest BCUT2D eigenvalue weighted by atomic mass is 16.5. The topological polar surface area (TPSA) is 39.7 Å². The molecule has 0 bridgehead atoms. The molecule has 4 nitrogen and oxygen atoms in total. The lowest BCUT2D eigenvalue weighted by Gasteiger charge is -2.12. The van der Waals surface area contributed by atoms with Crippen LogP contribution < -0.4 is 14.8 Å². The molecule has 0 spiro atoms. The summed E-state index contributed by atoms with van der Waals surface area (Å²) in [6.45, 7) is 10.9. The van der Waals surface area contributed by atoms with Gasteiger partial charge in [0.2, 0.25) is 0 Å². The van der Waals surface area contributed by atoms with Crippen LogP contribution in [0.3, 0.4) is 0 Å². The fourth-order valence-electron chi connectivity index (χ4n) is 1.77. The highest BCUT2D eigenvalue weighted by molar-refractivity contribution is 5.39. The highest BCUT2D eigenvalue weighted by Gasteiger charge is 2.02. The first-order valence-corrected chi connectivity index (χ1v) is 7.87. The first kappa shape index (κ1) is 17.8. The maximum Gasteiger partial charge on any atom is 0.161 e. The summed E-state index contributed by atoms with van der Waals surface area (Å²) < 4.78 is 16.8. The van der Waals surface area contributed by atoms with Gasteiger partial charge in [-0.3, -0.25) is 0 Å². The number of ether oxygens (including phenoxy) is 3. The van der Waals surface area contributed by atoms with Crippen LogP contribution in [0.1, 0.15) is 27.2 Å². The summed E-state index contributed by atoms with van der Waals surface area (Å²) in [6.07, 6.45) is 1.12. The van der Waals surface area contributed by atoms with Crippen molar-refractivity contribution in [2.75, 3.05) is 39.5 Å². The van der Waals surface area contributed by atoms with Gasteiger partial charge in [0, 0.05) is 19.7 Å². The average molecular weight is 295 g/mol. The minimum absolute atomic E-state index is 0.621. The summed E-state index contributed by atoms with van der Waals surface area (Å²) in [6, 6.07) is 7.76. The molecule has 0 saturated heterocycles. The van der Waals surface area contributed by atoms with E-state index in [1.54, 1.807) is 0 Å². The fraction of sp³-hybridized carbons (Fsp3) is 0.647. The molecule has 0 aliphatic carbocycles. The molecule has 0 aromatic heterocycles. The number of para-hydroxylation sites is 2. The molecule has 1 rings (SSSR count). The van der Waals surface area contributed by atoms with Crippen LogP contribution in [0.25, 0.3) is 0 Å². The first-order valence-electron chi connectivity index (χ1n) is 7.87. The quantitative estimate of drug-likeness (QED) is 0.601. The number of nitrogens with one attached hydrogen (secondary N) is 1. The molecule has 0 atom stereocenters. The van der Waals surface area contributed by atoms with E-state index in [4.69, 9.17) is 14.2 Å². The Bertz CT molecular complexity index is 369. The van der Waals surface area contributed by atoms with Gasteiger partial charge in [-0.25, -0.2) is 0 Å². The number of hydrogen-bond acceptors (Lipinski definition) is 4. The Labute approximate surface area is 128 Å². The molecular weight excluding hydrogens is 266 g/mol. The van der Waals surface area contributed by atoms with E-state index >= 15 is 0 Å². The third-order valence-corrected chi connectivity index (χ3v) is 2.95. The van der Waals surface area contributed by atoms with E-state index in [2.05, 4.69) is 19.2 Å². The average Bonchev–Trinajstić information content (AvgIpc) is 2.47. The van der Waals surface area contributed by atoms with E-state index in [0.717, 1.165) is 44.2 Å². The van der Waals surface area contributed by atoms with Gasteiger partial charge in [0.1, 0.15) is 6.61 Å². The van der Waals surface area contributed by atoms with Crippen LogP contribution in [0.15, 0.2) is 24.3 Å². The molecular formula is C17H29NO3. The van der Waals surface area contributed by atoms with Crippen LogP contribution in [0.4, 0.5) is 0 Å². The molecule has 4 heteroatoms. The van der Waals surface area contributed by atoms with Crippen LogP contribution >= 0.6 is 0 Å². The van der Waals surface area contributed by atoms with Gasteiger partial charge in [0.15, 0.2) is 11.5 Å². The zero-order valence-electron chi connectivity index (χ0n) is 13.6. The van der Waals surface area contributed by atoms with E-state index in [0.29, 0.717) is 19.1 Å². The van der Waals surface area contributed by atoms with Crippen molar-refractivity contribution in [3.05, 3.63) is 24.3 Å². The van der Waals surface area contributed by atoms with Crippen LogP contribution in [-0.2, 0) is 4.74 Å². The monoisotopic (exact) mass is 295 g/mol. The van der Waals surface area contributed by atoms with Gasteiger partial charge in [0.05, 0.1) is 13.2 Å². The Morgan fingerprint density at radius 1 is 0.952 bits per heavy atom. The van der Waals surface area contributed by atoms with Gasteiger partial charge >= 0.3 is 0 Å². The summed E-state index contributed by atoms with van der Waals surface area (Å²) >= 11 is 0. The van der Waals surface area contributed by atoms with Crippen LogP contribution in [-0.4, -0.2) is 39.5 Å². The molecule has 21 heavy (non-hydrogen) atoms. The Balaban J connectivity index is 2.04. The second kappa shape index (κ2) is 11.4.